The number of rotatable bonds is 3. The number of amides is 1. The number of aliphatic hydroxyl groups is 1. The summed E-state index contributed by atoms with van der Waals surface area (Å²) in [7, 11) is 0. The average molecular weight is 301 g/mol. The molecule has 0 aliphatic carbocycles. The van der Waals surface area contributed by atoms with Crippen LogP contribution >= 0.6 is 11.6 Å². The quantitative estimate of drug-likeness (QED) is 0.666. The first-order valence-corrected chi connectivity index (χ1v) is 6.36. The Kier molecular flexibility index (Phi) is 4.53. The van der Waals surface area contributed by atoms with Gasteiger partial charge in [-0.05, 0) is 6.07 Å². The maximum Gasteiger partial charge on any atom is 0.270 e. The van der Waals surface area contributed by atoms with Crippen LogP contribution in [0.1, 0.15) is 10.4 Å². The maximum absolute atomic E-state index is 12.4. The fraction of sp³-hybridized carbons (Fsp3) is 0.417. The average Bonchev–Trinajstić information content (AvgIpc) is 2.46. The molecular formula is C12H13ClN2O5. The monoisotopic (exact) mass is 300 g/mol. The summed E-state index contributed by atoms with van der Waals surface area (Å²) in [4.78, 5) is 24.0. The summed E-state index contributed by atoms with van der Waals surface area (Å²) in [6.07, 6.45) is 0. The second kappa shape index (κ2) is 6.17. The molecule has 1 N–H and O–H groups in total. The van der Waals surface area contributed by atoms with Gasteiger partial charge in [0.1, 0.15) is 0 Å². The highest BCUT2D eigenvalue weighted by molar-refractivity contribution is 6.33. The highest BCUT2D eigenvalue weighted by Crippen LogP contribution is 2.24. The predicted molar refractivity (Wildman–Crippen MR) is 70.8 cm³/mol. The van der Waals surface area contributed by atoms with Crippen molar-refractivity contribution in [2.75, 3.05) is 26.4 Å². The molecule has 0 spiro atoms. The smallest absolute Gasteiger partial charge is 0.270 e. The number of carbonyl (C=O) groups excluding carboxylic acids is 1. The molecule has 2 rings (SSSR count). The molecule has 8 heteroatoms. The molecule has 1 atom stereocenters. The fourth-order valence-electron chi connectivity index (χ4n) is 2.02. The summed E-state index contributed by atoms with van der Waals surface area (Å²) in [6.45, 7) is 0.658. The molecule has 1 fully saturated rings. The lowest BCUT2D eigenvalue weighted by Gasteiger charge is -2.34. The van der Waals surface area contributed by atoms with Crippen molar-refractivity contribution < 1.29 is 19.6 Å². The van der Waals surface area contributed by atoms with Crippen LogP contribution in [0.25, 0.3) is 0 Å². The van der Waals surface area contributed by atoms with Crippen molar-refractivity contribution in [1.29, 1.82) is 0 Å². The molecule has 0 aromatic heterocycles. The number of aliphatic hydroxyl groups excluding tert-OH is 1. The Morgan fingerprint density at radius 2 is 2.35 bits per heavy atom. The minimum Gasteiger partial charge on any atom is -0.394 e. The number of nitro benzene ring substituents is 1. The lowest BCUT2D eigenvalue weighted by atomic mass is 10.1. The molecule has 108 valence electrons. The SMILES string of the molecule is O=C(c1cc([N+](=O)[O-])ccc1Cl)N1CCOCC1CO. The Morgan fingerprint density at radius 1 is 1.60 bits per heavy atom. The molecule has 1 unspecified atom stereocenters. The second-order valence-electron chi connectivity index (χ2n) is 4.33. The third-order valence-corrected chi connectivity index (χ3v) is 3.42. The van der Waals surface area contributed by atoms with Crippen molar-refractivity contribution in [3.8, 4) is 0 Å². The number of non-ortho nitro benzene ring substituents is 1. The van der Waals surface area contributed by atoms with Gasteiger partial charge in [0.15, 0.2) is 0 Å². The van der Waals surface area contributed by atoms with Crippen LogP contribution in [0.15, 0.2) is 18.2 Å². The van der Waals surface area contributed by atoms with E-state index in [9.17, 15) is 20.0 Å². The molecule has 1 aromatic rings. The number of nitro groups is 1. The van der Waals surface area contributed by atoms with Gasteiger partial charge in [-0.25, -0.2) is 0 Å². The first-order valence-electron chi connectivity index (χ1n) is 5.98. The Morgan fingerprint density at radius 3 is 3.00 bits per heavy atom. The van der Waals surface area contributed by atoms with Gasteiger partial charge in [-0.1, -0.05) is 11.6 Å². The van der Waals surface area contributed by atoms with Crippen LogP contribution in [0.5, 0.6) is 0 Å². The number of nitrogens with zero attached hydrogens (tertiary/aromatic N) is 2. The highest BCUT2D eigenvalue weighted by Gasteiger charge is 2.29. The van der Waals surface area contributed by atoms with Crippen molar-refractivity contribution in [1.82, 2.24) is 4.90 Å². The van der Waals surface area contributed by atoms with Crippen molar-refractivity contribution in [3.05, 3.63) is 38.9 Å². The molecule has 1 aromatic carbocycles. The topological polar surface area (TPSA) is 92.9 Å². The van der Waals surface area contributed by atoms with Crippen LogP contribution in [0, 0.1) is 10.1 Å². The van der Waals surface area contributed by atoms with Gasteiger partial charge in [0, 0.05) is 18.7 Å². The first kappa shape index (κ1) is 14.7. The zero-order chi connectivity index (χ0) is 14.7. The van der Waals surface area contributed by atoms with Gasteiger partial charge >= 0.3 is 0 Å². The number of ether oxygens (including phenoxy) is 1. The zero-order valence-electron chi connectivity index (χ0n) is 10.5. The standard InChI is InChI=1S/C12H13ClN2O5/c13-11-2-1-8(15(18)19)5-10(11)12(17)14-3-4-20-7-9(14)6-16/h1-2,5,9,16H,3-4,6-7H2. The van der Waals surface area contributed by atoms with Crippen molar-refractivity contribution in [2.24, 2.45) is 0 Å². The Hall–Kier alpha value is -1.70. The van der Waals surface area contributed by atoms with Crippen LogP contribution < -0.4 is 0 Å². The van der Waals surface area contributed by atoms with Gasteiger partial charge in [-0.3, -0.25) is 14.9 Å². The van der Waals surface area contributed by atoms with E-state index in [4.69, 9.17) is 16.3 Å². The number of halogens is 1. The Balaban J connectivity index is 2.32. The summed E-state index contributed by atoms with van der Waals surface area (Å²) in [5, 5.41) is 20.2. The summed E-state index contributed by atoms with van der Waals surface area (Å²) in [6, 6.07) is 3.24. The lowest BCUT2D eigenvalue weighted by Crippen LogP contribution is -2.50. The van der Waals surface area contributed by atoms with E-state index >= 15 is 0 Å². The fourth-order valence-corrected chi connectivity index (χ4v) is 2.22. The second-order valence-corrected chi connectivity index (χ2v) is 4.74. The van der Waals surface area contributed by atoms with Gasteiger partial charge in [-0.15, -0.1) is 0 Å². The Labute approximate surface area is 119 Å². The van der Waals surface area contributed by atoms with E-state index in [-0.39, 0.29) is 29.5 Å². The predicted octanol–water partition coefficient (Wildman–Crippen LogP) is 1.08. The molecule has 0 bridgehead atoms. The normalized spacial score (nSPS) is 18.9. The molecule has 0 saturated carbocycles. The number of hydrogen-bond donors (Lipinski definition) is 1. The van der Waals surface area contributed by atoms with Crippen molar-refractivity contribution in [3.63, 3.8) is 0 Å². The number of carbonyl (C=O) groups is 1. The minimum atomic E-state index is -0.587. The van der Waals surface area contributed by atoms with Crippen LogP contribution in [0.4, 0.5) is 5.69 Å². The largest absolute Gasteiger partial charge is 0.394 e. The molecule has 1 amide bonds. The summed E-state index contributed by atoms with van der Waals surface area (Å²) < 4.78 is 5.19. The van der Waals surface area contributed by atoms with E-state index in [1.165, 1.54) is 17.0 Å². The molecule has 1 aliphatic heterocycles. The van der Waals surface area contributed by atoms with E-state index in [0.717, 1.165) is 6.07 Å². The van der Waals surface area contributed by atoms with E-state index < -0.39 is 16.9 Å². The summed E-state index contributed by atoms with van der Waals surface area (Å²) in [5.41, 5.74) is -0.146. The molecule has 7 nitrogen and oxygen atoms in total. The van der Waals surface area contributed by atoms with Crippen LogP contribution in [0.2, 0.25) is 5.02 Å². The van der Waals surface area contributed by atoms with E-state index in [1.54, 1.807) is 0 Å². The zero-order valence-corrected chi connectivity index (χ0v) is 11.2. The van der Waals surface area contributed by atoms with Gasteiger partial charge in [-0.2, -0.15) is 0 Å². The Bertz CT molecular complexity index is 537. The molecule has 1 saturated heterocycles. The molecule has 1 heterocycles. The van der Waals surface area contributed by atoms with Gasteiger partial charge in [0.2, 0.25) is 0 Å². The number of hydrogen-bond acceptors (Lipinski definition) is 5. The highest BCUT2D eigenvalue weighted by atomic mass is 35.5. The van der Waals surface area contributed by atoms with Crippen LogP contribution in [-0.2, 0) is 4.74 Å². The van der Waals surface area contributed by atoms with Gasteiger partial charge in [0.05, 0.1) is 41.4 Å². The van der Waals surface area contributed by atoms with Crippen LogP contribution in [-0.4, -0.2) is 53.2 Å². The number of benzene rings is 1. The van der Waals surface area contributed by atoms with Crippen LogP contribution in [0.3, 0.4) is 0 Å². The summed E-state index contributed by atoms with van der Waals surface area (Å²) in [5.74, 6) is -0.443. The maximum atomic E-state index is 12.4. The van der Waals surface area contributed by atoms with Crippen molar-refractivity contribution >= 4 is 23.2 Å². The van der Waals surface area contributed by atoms with E-state index in [2.05, 4.69) is 0 Å². The molecule has 20 heavy (non-hydrogen) atoms. The first-order chi connectivity index (χ1) is 9.54. The van der Waals surface area contributed by atoms with E-state index in [0.29, 0.717) is 13.2 Å². The molecule has 1 aliphatic rings. The third kappa shape index (κ3) is 2.90. The van der Waals surface area contributed by atoms with Gasteiger partial charge < -0.3 is 14.7 Å². The van der Waals surface area contributed by atoms with E-state index in [1.807, 2.05) is 0 Å². The summed E-state index contributed by atoms with van der Waals surface area (Å²) >= 11 is 5.94. The van der Waals surface area contributed by atoms with Gasteiger partial charge in [0.25, 0.3) is 11.6 Å². The lowest BCUT2D eigenvalue weighted by molar-refractivity contribution is -0.384. The van der Waals surface area contributed by atoms with Crippen molar-refractivity contribution in [2.45, 2.75) is 6.04 Å². The molecule has 0 radical (unpaired) electrons. The minimum absolute atomic E-state index is 0.0567. The molecular weight excluding hydrogens is 288 g/mol. The third-order valence-electron chi connectivity index (χ3n) is 3.09. The number of morpholine rings is 1.